The summed E-state index contributed by atoms with van der Waals surface area (Å²) in [5.74, 6) is 0.861. The van der Waals surface area contributed by atoms with E-state index in [0.717, 1.165) is 24.2 Å². The molecule has 110 valence electrons. The second kappa shape index (κ2) is 7.14. The Kier molecular flexibility index (Phi) is 5.24. The van der Waals surface area contributed by atoms with Gasteiger partial charge in [-0.2, -0.15) is 0 Å². The second-order valence-electron chi connectivity index (χ2n) is 5.06. The zero-order valence-corrected chi connectivity index (χ0v) is 12.0. The van der Waals surface area contributed by atoms with Crippen molar-refractivity contribution in [1.82, 2.24) is 10.6 Å². The number of methoxy groups -OCH3 is 1. The normalized spacial score (nSPS) is 19.2. The zero-order chi connectivity index (χ0) is 14.4. The van der Waals surface area contributed by atoms with E-state index >= 15 is 0 Å². The number of benzene rings is 1. The molecule has 2 rings (SSSR count). The van der Waals surface area contributed by atoms with Gasteiger partial charge in [0.2, 0.25) is 0 Å². The van der Waals surface area contributed by atoms with Crippen molar-refractivity contribution in [3.63, 3.8) is 0 Å². The molecule has 20 heavy (non-hydrogen) atoms. The summed E-state index contributed by atoms with van der Waals surface area (Å²) in [6.07, 6.45) is 1.80. The van der Waals surface area contributed by atoms with Crippen LogP contribution in [0.25, 0.3) is 0 Å². The maximum absolute atomic E-state index is 12.0. The van der Waals surface area contributed by atoms with Crippen molar-refractivity contribution >= 4 is 6.03 Å². The van der Waals surface area contributed by atoms with Crippen LogP contribution >= 0.6 is 0 Å². The molecule has 2 atom stereocenters. The van der Waals surface area contributed by atoms with E-state index in [0.29, 0.717) is 13.2 Å². The predicted molar refractivity (Wildman–Crippen MR) is 76.9 cm³/mol. The first-order chi connectivity index (χ1) is 9.70. The van der Waals surface area contributed by atoms with Crippen LogP contribution in [-0.4, -0.2) is 32.4 Å². The maximum atomic E-state index is 12.0. The van der Waals surface area contributed by atoms with Gasteiger partial charge in [0.25, 0.3) is 0 Å². The largest absolute Gasteiger partial charge is 0.493 e. The van der Waals surface area contributed by atoms with E-state index in [1.165, 1.54) is 0 Å². The van der Waals surface area contributed by atoms with E-state index in [4.69, 9.17) is 9.47 Å². The van der Waals surface area contributed by atoms with E-state index in [1.54, 1.807) is 7.11 Å². The number of para-hydroxylation sites is 1. The number of hydrogen-bond donors (Lipinski definition) is 2. The Morgan fingerprint density at radius 3 is 3.10 bits per heavy atom. The molecule has 5 heteroatoms. The number of carbonyl (C=O) groups is 1. The summed E-state index contributed by atoms with van der Waals surface area (Å²) < 4.78 is 10.7. The van der Waals surface area contributed by atoms with E-state index in [1.807, 2.05) is 31.2 Å². The molecule has 5 nitrogen and oxygen atoms in total. The Morgan fingerprint density at radius 1 is 1.50 bits per heavy atom. The fraction of sp³-hybridized carbons (Fsp3) is 0.533. The van der Waals surface area contributed by atoms with Crippen molar-refractivity contribution in [2.45, 2.75) is 31.8 Å². The molecule has 1 aliphatic rings. The van der Waals surface area contributed by atoms with E-state index in [9.17, 15) is 4.79 Å². The van der Waals surface area contributed by atoms with Gasteiger partial charge in [0.15, 0.2) is 0 Å². The van der Waals surface area contributed by atoms with Crippen LogP contribution in [-0.2, 0) is 4.74 Å². The molecule has 0 fully saturated rings. The molecule has 0 unspecified atom stereocenters. The highest BCUT2D eigenvalue weighted by Crippen LogP contribution is 2.30. The lowest BCUT2D eigenvalue weighted by Gasteiger charge is -2.20. The summed E-state index contributed by atoms with van der Waals surface area (Å²) >= 11 is 0. The van der Waals surface area contributed by atoms with Crippen LogP contribution in [0.4, 0.5) is 4.79 Å². The van der Waals surface area contributed by atoms with Gasteiger partial charge in [-0.3, -0.25) is 0 Å². The van der Waals surface area contributed by atoms with Gasteiger partial charge in [-0.15, -0.1) is 0 Å². The van der Waals surface area contributed by atoms with Crippen LogP contribution in [0.1, 0.15) is 31.4 Å². The summed E-state index contributed by atoms with van der Waals surface area (Å²) in [6, 6.07) is 7.66. The lowest BCUT2D eigenvalue weighted by molar-refractivity contribution is 0.170. The number of carbonyl (C=O) groups excluding carboxylic acids is 1. The van der Waals surface area contributed by atoms with Crippen LogP contribution in [0.5, 0.6) is 5.75 Å². The quantitative estimate of drug-likeness (QED) is 0.888. The minimum absolute atomic E-state index is 0.0107. The number of fused-ring (bicyclic) bond motifs is 1. The van der Waals surface area contributed by atoms with Crippen molar-refractivity contribution in [1.29, 1.82) is 0 Å². The van der Waals surface area contributed by atoms with Crippen LogP contribution < -0.4 is 15.4 Å². The summed E-state index contributed by atoms with van der Waals surface area (Å²) in [5, 5.41) is 5.88. The Hall–Kier alpha value is -1.75. The number of rotatable bonds is 4. The molecule has 2 amide bonds. The third-order valence-corrected chi connectivity index (χ3v) is 3.29. The van der Waals surface area contributed by atoms with Gasteiger partial charge in [-0.1, -0.05) is 18.2 Å². The highest BCUT2D eigenvalue weighted by Gasteiger charge is 2.21. The third kappa shape index (κ3) is 3.87. The van der Waals surface area contributed by atoms with Gasteiger partial charge < -0.3 is 20.1 Å². The number of amides is 2. The molecule has 0 saturated heterocycles. The van der Waals surface area contributed by atoms with Crippen LogP contribution in [0.2, 0.25) is 0 Å². The van der Waals surface area contributed by atoms with Gasteiger partial charge >= 0.3 is 6.03 Å². The average Bonchev–Trinajstić information content (AvgIpc) is 2.62. The van der Waals surface area contributed by atoms with Crippen LogP contribution in [0.15, 0.2) is 24.3 Å². The fourth-order valence-electron chi connectivity index (χ4n) is 2.39. The van der Waals surface area contributed by atoms with Crippen molar-refractivity contribution < 1.29 is 14.3 Å². The standard InChI is InChI=1S/C15H22N2O3/c1-11(10-19-2)16-15(18)17-13-7-5-9-20-14-8-4-3-6-12(13)14/h3-4,6,8,11,13H,5,7,9-10H2,1-2H3,(H2,16,17,18)/t11-,13-/m0/s1. The van der Waals surface area contributed by atoms with Gasteiger partial charge in [0, 0.05) is 12.7 Å². The minimum Gasteiger partial charge on any atom is -0.493 e. The van der Waals surface area contributed by atoms with Crippen molar-refractivity contribution in [2.24, 2.45) is 0 Å². The Balaban J connectivity index is 2.00. The molecule has 1 aliphatic heterocycles. The summed E-state index contributed by atoms with van der Waals surface area (Å²) in [7, 11) is 1.62. The first-order valence-corrected chi connectivity index (χ1v) is 6.98. The van der Waals surface area contributed by atoms with Crippen molar-refractivity contribution in [2.75, 3.05) is 20.3 Å². The number of hydrogen-bond acceptors (Lipinski definition) is 3. The first kappa shape index (κ1) is 14.7. The summed E-state index contributed by atoms with van der Waals surface area (Å²) in [4.78, 5) is 12.0. The molecule has 0 bridgehead atoms. The Morgan fingerprint density at radius 2 is 2.30 bits per heavy atom. The molecule has 0 saturated carbocycles. The summed E-state index contributed by atoms with van der Waals surface area (Å²) in [5.41, 5.74) is 1.04. The molecule has 0 spiro atoms. The molecule has 1 aromatic carbocycles. The molecule has 2 N–H and O–H groups in total. The van der Waals surface area contributed by atoms with E-state index < -0.39 is 0 Å². The second-order valence-corrected chi connectivity index (χ2v) is 5.06. The lowest BCUT2D eigenvalue weighted by atomic mass is 10.0. The molecule has 0 aliphatic carbocycles. The van der Waals surface area contributed by atoms with E-state index in [2.05, 4.69) is 10.6 Å². The Labute approximate surface area is 119 Å². The highest BCUT2D eigenvalue weighted by atomic mass is 16.5. The van der Waals surface area contributed by atoms with E-state index in [-0.39, 0.29) is 18.1 Å². The maximum Gasteiger partial charge on any atom is 0.315 e. The topological polar surface area (TPSA) is 59.6 Å². The molecule has 0 radical (unpaired) electrons. The summed E-state index contributed by atoms with van der Waals surface area (Å²) in [6.45, 7) is 3.10. The predicted octanol–water partition coefficient (Wildman–Crippen LogP) is 2.23. The number of nitrogens with one attached hydrogen (secondary N) is 2. The molecule has 0 aromatic heterocycles. The molecule has 1 aromatic rings. The molecular formula is C15H22N2O3. The van der Waals surface area contributed by atoms with Gasteiger partial charge in [0.1, 0.15) is 5.75 Å². The molecule has 1 heterocycles. The SMILES string of the molecule is COC[C@H](C)NC(=O)N[C@H]1CCCOc2ccccc21. The van der Waals surface area contributed by atoms with Gasteiger partial charge in [-0.05, 0) is 25.8 Å². The van der Waals surface area contributed by atoms with Gasteiger partial charge in [-0.25, -0.2) is 4.79 Å². The van der Waals surface area contributed by atoms with Crippen LogP contribution in [0, 0.1) is 0 Å². The third-order valence-electron chi connectivity index (χ3n) is 3.29. The minimum atomic E-state index is -0.170. The lowest BCUT2D eigenvalue weighted by Crippen LogP contribution is -2.43. The average molecular weight is 278 g/mol. The molecular weight excluding hydrogens is 256 g/mol. The smallest absolute Gasteiger partial charge is 0.315 e. The number of urea groups is 1. The fourth-order valence-corrected chi connectivity index (χ4v) is 2.39. The first-order valence-electron chi connectivity index (χ1n) is 6.98. The van der Waals surface area contributed by atoms with Crippen LogP contribution in [0.3, 0.4) is 0 Å². The Bertz CT molecular complexity index is 450. The van der Waals surface area contributed by atoms with Gasteiger partial charge in [0.05, 0.1) is 25.3 Å². The number of ether oxygens (including phenoxy) is 2. The van der Waals surface area contributed by atoms with Crippen molar-refractivity contribution in [3.05, 3.63) is 29.8 Å². The highest BCUT2D eigenvalue weighted by molar-refractivity contribution is 5.75. The monoisotopic (exact) mass is 278 g/mol. The van der Waals surface area contributed by atoms with Crippen molar-refractivity contribution in [3.8, 4) is 5.75 Å². The zero-order valence-electron chi connectivity index (χ0n) is 12.0.